The van der Waals surface area contributed by atoms with Crippen molar-refractivity contribution >= 4 is 27.9 Å². The van der Waals surface area contributed by atoms with Crippen molar-refractivity contribution in [1.82, 2.24) is 9.97 Å². The minimum Gasteiger partial charge on any atom is -0.367 e. The van der Waals surface area contributed by atoms with Crippen LogP contribution in [0.1, 0.15) is 4.88 Å². The Morgan fingerprint density at radius 1 is 1.33 bits per heavy atom. The summed E-state index contributed by atoms with van der Waals surface area (Å²) >= 11 is 1.58. The lowest BCUT2D eigenvalue weighted by atomic mass is 10.2. The second-order valence-electron chi connectivity index (χ2n) is 3.92. The van der Waals surface area contributed by atoms with Crippen molar-refractivity contribution in [3.05, 3.63) is 57.3 Å². The van der Waals surface area contributed by atoms with Crippen LogP contribution in [0.5, 0.6) is 0 Å². The lowest BCUT2D eigenvalue weighted by Gasteiger charge is -2.05. The first-order chi connectivity index (χ1) is 8.83. The van der Waals surface area contributed by atoms with Crippen molar-refractivity contribution in [2.24, 2.45) is 0 Å². The summed E-state index contributed by atoms with van der Waals surface area (Å²) in [5, 5.41) is 4.84. The van der Waals surface area contributed by atoms with Crippen LogP contribution in [0.25, 0.3) is 10.8 Å². The number of nitrogens with one attached hydrogen (secondary N) is 2. The van der Waals surface area contributed by atoms with E-state index in [2.05, 4.69) is 15.3 Å². The second kappa shape index (κ2) is 4.62. The fourth-order valence-electron chi connectivity index (χ4n) is 1.82. The van der Waals surface area contributed by atoms with Crippen molar-refractivity contribution < 1.29 is 0 Å². The van der Waals surface area contributed by atoms with Gasteiger partial charge in [-0.2, -0.15) is 0 Å². The highest BCUT2D eigenvalue weighted by molar-refractivity contribution is 7.09. The summed E-state index contributed by atoms with van der Waals surface area (Å²) in [5.74, 6) is 0.729. The molecule has 0 aliphatic carbocycles. The minimum absolute atomic E-state index is 0.0695. The summed E-state index contributed by atoms with van der Waals surface area (Å²) in [7, 11) is 0. The van der Waals surface area contributed by atoms with Gasteiger partial charge in [0.15, 0.2) is 0 Å². The first kappa shape index (κ1) is 11.0. The molecule has 3 aromatic rings. The van der Waals surface area contributed by atoms with Crippen molar-refractivity contribution in [3.63, 3.8) is 0 Å². The molecule has 2 aromatic heterocycles. The van der Waals surface area contributed by atoms with Crippen molar-refractivity contribution in [2.75, 3.05) is 5.32 Å². The van der Waals surface area contributed by atoms with E-state index in [1.807, 2.05) is 36.5 Å². The molecule has 0 unspecified atom stereocenters. The average molecular weight is 257 g/mol. The molecule has 3 rings (SSSR count). The molecule has 0 saturated carbocycles. The first-order valence-corrected chi connectivity index (χ1v) is 6.44. The molecule has 0 saturated heterocycles. The molecule has 18 heavy (non-hydrogen) atoms. The van der Waals surface area contributed by atoms with Crippen LogP contribution in [0, 0.1) is 0 Å². The van der Waals surface area contributed by atoms with Crippen LogP contribution in [0.3, 0.4) is 0 Å². The van der Waals surface area contributed by atoms with Gasteiger partial charge < -0.3 is 10.3 Å². The molecule has 1 aromatic carbocycles. The van der Waals surface area contributed by atoms with Gasteiger partial charge in [-0.05, 0) is 17.5 Å². The highest BCUT2D eigenvalue weighted by Crippen LogP contribution is 2.14. The Labute approximate surface area is 107 Å². The average Bonchev–Trinajstić information content (AvgIpc) is 2.90. The van der Waals surface area contributed by atoms with E-state index >= 15 is 0 Å². The smallest absolute Gasteiger partial charge is 0.257 e. The van der Waals surface area contributed by atoms with Crippen LogP contribution in [0.2, 0.25) is 0 Å². The van der Waals surface area contributed by atoms with E-state index in [4.69, 9.17) is 0 Å². The van der Waals surface area contributed by atoms with E-state index < -0.39 is 0 Å². The Bertz CT molecular complexity index is 718. The Morgan fingerprint density at radius 3 is 3.06 bits per heavy atom. The van der Waals surface area contributed by atoms with Crippen LogP contribution in [0.4, 0.5) is 5.82 Å². The molecular formula is C13H11N3OS. The minimum atomic E-state index is -0.0695. The SMILES string of the molecule is O=c1[nH]c(NCc2cncs2)cc2ccccc12. The molecule has 0 radical (unpaired) electrons. The van der Waals surface area contributed by atoms with E-state index in [0.29, 0.717) is 11.9 Å². The molecule has 0 aliphatic rings. The zero-order valence-corrected chi connectivity index (χ0v) is 10.3. The van der Waals surface area contributed by atoms with E-state index in [0.717, 1.165) is 16.1 Å². The number of rotatable bonds is 3. The van der Waals surface area contributed by atoms with Gasteiger partial charge in [-0.3, -0.25) is 9.78 Å². The molecule has 0 amide bonds. The van der Waals surface area contributed by atoms with Gasteiger partial charge in [-0.25, -0.2) is 0 Å². The predicted molar refractivity (Wildman–Crippen MR) is 74.0 cm³/mol. The van der Waals surface area contributed by atoms with Gasteiger partial charge in [0.25, 0.3) is 5.56 Å². The summed E-state index contributed by atoms with van der Waals surface area (Å²) in [5.41, 5.74) is 1.72. The molecule has 0 atom stereocenters. The number of fused-ring (bicyclic) bond motifs is 1. The number of benzene rings is 1. The number of pyridine rings is 1. The molecule has 0 bridgehead atoms. The lowest BCUT2D eigenvalue weighted by Crippen LogP contribution is -2.10. The summed E-state index contributed by atoms with van der Waals surface area (Å²) in [4.78, 5) is 19.8. The number of thiazole rings is 1. The fourth-order valence-corrected chi connectivity index (χ4v) is 2.35. The number of H-pyrrole nitrogens is 1. The Hall–Kier alpha value is -2.14. The van der Waals surface area contributed by atoms with Crippen LogP contribution < -0.4 is 10.9 Å². The highest BCUT2D eigenvalue weighted by atomic mass is 32.1. The van der Waals surface area contributed by atoms with E-state index in [-0.39, 0.29) is 5.56 Å². The first-order valence-electron chi connectivity index (χ1n) is 5.56. The second-order valence-corrected chi connectivity index (χ2v) is 4.89. The summed E-state index contributed by atoms with van der Waals surface area (Å²) in [6, 6.07) is 9.48. The zero-order chi connectivity index (χ0) is 12.4. The van der Waals surface area contributed by atoms with E-state index in [1.54, 1.807) is 16.8 Å². The van der Waals surface area contributed by atoms with Crippen LogP contribution in [0.15, 0.2) is 46.8 Å². The standard InChI is InChI=1S/C13H11N3OS/c17-13-11-4-2-1-3-9(11)5-12(16-13)15-7-10-6-14-8-18-10/h1-6,8H,7H2,(H2,15,16,17). The third-order valence-corrected chi connectivity index (χ3v) is 3.47. The molecular weight excluding hydrogens is 246 g/mol. The predicted octanol–water partition coefficient (Wildman–Crippen LogP) is 2.60. The lowest BCUT2D eigenvalue weighted by molar-refractivity contribution is 1.12. The Morgan fingerprint density at radius 2 is 2.22 bits per heavy atom. The van der Waals surface area contributed by atoms with Gasteiger partial charge in [0.05, 0.1) is 12.1 Å². The highest BCUT2D eigenvalue weighted by Gasteiger charge is 2.01. The third kappa shape index (κ3) is 2.12. The number of aromatic nitrogens is 2. The van der Waals surface area contributed by atoms with Gasteiger partial charge in [0.1, 0.15) is 5.82 Å². The molecule has 0 fully saturated rings. The van der Waals surface area contributed by atoms with Crippen LogP contribution >= 0.6 is 11.3 Å². The maximum atomic E-state index is 11.9. The van der Waals surface area contributed by atoms with Crippen molar-refractivity contribution in [3.8, 4) is 0 Å². The van der Waals surface area contributed by atoms with Crippen LogP contribution in [-0.2, 0) is 6.54 Å². The number of hydrogen-bond acceptors (Lipinski definition) is 4. The molecule has 90 valence electrons. The van der Waals surface area contributed by atoms with Crippen molar-refractivity contribution in [2.45, 2.75) is 6.54 Å². The van der Waals surface area contributed by atoms with Gasteiger partial charge in [-0.15, -0.1) is 11.3 Å². The molecule has 2 heterocycles. The van der Waals surface area contributed by atoms with E-state index in [9.17, 15) is 4.79 Å². The summed E-state index contributed by atoms with van der Waals surface area (Å²) in [6.07, 6.45) is 1.82. The van der Waals surface area contributed by atoms with Gasteiger partial charge >= 0.3 is 0 Å². The fraction of sp³-hybridized carbons (Fsp3) is 0.0769. The van der Waals surface area contributed by atoms with E-state index in [1.165, 1.54) is 0 Å². The quantitative estimate of drug-likeness (QED) is 0.758. The monoisotopic (exact) mass is 257 g/mol. The summed E-state index contributed by atoms with van der Waals surface area (Å²) < 4.78 is 0. The molecule has 0 spiro atoms. The zero-order valence-electron chi connectivity index (χ0n) is 9.51. The number of nitrogens with zero attached hydrogens (tertiary/aromatic N) is 1. The van der Waals surface area contributed by atoms with Crippen LogP contribution in [-0.4, -0.2) is 9.97 Å². The molecule has 2 N–H and O–H groups in total. The number of hydrogen-bond donors (Lipinski definition) is 2. The molecule has 4 nitrogen and oxygen atoms in total. The normalized spacial score (nSPS) is 10.7. The van der Waals surface area contributed by atoms with Gasteiger partial charge in [0, 0.05) is 16.5 Å². The topological polar surface area (TPSA) is 57.8 Å². The Kier molecular flexibility index (Phi) is 2.82. The summed E-state index contributed by atoms with van der Waals surface area (Å²) in [6.45, 7) is 0.666. The van der Waals surface area contributed by atoms with Crippen molar-refractivity contribution in [1.29, 1.82) is 0 Å². The van der Waals surface area contributed by atoms with Gasteiger partial charge in [-0.1, -0.05) is 18.2 Å². The number of anilines is 1. The molecule has 0 aliphatic heterocycles. The largest absolute Gasteiger partial charge is 0.367 e. The third-order valence-electron chi connectivity index (χ3n) is 2.69. The maximum Gasteiger partial charge on any atom is 0.257 e. The number of aromatic amines is 1. The molecule has 5 heteroatoms. The Balaban J connectivity index is 1.91. The van der Waals surface area contributed by atoms with Gasteiger partial charge in [0.2, 0.25) is 0 Å². The maximum absolute atomic E-state index is 11.9.